The van der Waals surface area contributed by atoms with E-state index in [1.165, 1.54) is 6.07 Å². The lowest BCUT2D eigenvalue weighted by Gasteiger charge is -2.32. The van der Waals surface area contributed by atoms with Gasteiger partial charge >= 0.3 is 0 Å². The minimum absolute atomic E-state index is 0.157. The summed E-state index contributed by atoms with van der Waals surface area (Å²) in [6.07, 6.45) is 1.02. The van der Waals surface area contributed by atoms with Gasteiger partial charge in [-0.3, -0.25) is 0 Å². The van der Waals surface area contributed by atoms with E-state index in [2.05, 4.69) is 34.7 Å². The summed E-state index contributed by atoms with van der Waals surface area (Å²) in [4.78, 5) is 2.21. The van der Waals surface area contributed by atoms with Crippen LogP contribution >= 0.6 is 15.9 Å². The summed E-state index contributed by atoms with van der Waals surface area (Å²) >= 11 is 3.37. The standard InChI is InChI=1S/C14H21BrFNO/c1-4-11(2)17(8-9-18-3)14-7-5-6-13(16)12(14)10-15/h5-7,11H,4,8-10H2,1-3H3. The predicted molar refractivity (Wildman–Crippen MR) is 78.0 cm³/mol. The first-order chi connectivity index (χ1) is 8.65. The number of methoxy groups -OCH3 is 1. The molecular weight excluding hydrogens is 297 g/mol. The molecule has 0 N–H and O–H groups in total. The van der Waals surface area contributed by atoms with Crippen molar-refractivity contribution < 1.29 is 9.13 Å². The third-order valence-electron chi connectivity index (χ3n) is 3.20. The van der Waals surface area contributed by atoms with Crippen LogP contribution in [0, 0.1) is 5.82 Å². The van der Waals surface area contributed by atoms with Crippen molar-refractivity contribution >= 4 is 21.6 Å². The third-order valence-corrected chi connectivity index (χ3v) is 3.76. The Labute approximate surface area is 117 Å². The Morgan fingerprint density at radius 3 is 2.72 bits per heavy atom. The zero-order chi connectivity index (χ0) is 13.5. The van der Waals surface area contributed by atoms with Gasteiger partial charge in [-0.15, -0.1) is 0 Å². The van der Waals surface area contributed by atoms with Crippen molar-refractivity contribution in [2.45, 2.75) is 31.6 Å². The molecule has 1 rings (SSSR count). The maximum atomic E-state index is 13.8. The molecular formula is C14H21BrFNO. The van der Waals surface area contributed by atoms with Crippen LogP contribution in [-0.2, 0) is 10.1 Å². The van der Waals surface area contributed by atoms with Crippen molar-refractivity contribution in [2.24, 2.45) is 0 Å². The first-order valence-corrected chi connectivity index (χ1v) is 7.36. The maximum absolute atomic E-state index is 13.8. The zero-order valence-electron chi connectivity index (χ0n) is 11.2. The molecule has 18 heavy (non-hydrogen) atoms. The fraction of sp³-hybridized carbons (Fsp3) is 0.571. The quantitative estimate of drug-likeness (QED) is 0.705. The fourth-order valence-electron chi connectivity index (χ4n) is 1.94. The van der Waals surface area contributed by atoms with Gasteiger partial charge in [0.1, 0.15) is 5.82 Å². The van der Waals surface area contributed by atoms with Gasteiger partial charge in [0.05, 0.1) is 6.61 Å². The van der Waals surface area contributed by atoms with Gasteiger partial charge in [0, 0.05) is 36.3 Å². The van der Waals surface area contributed by atoms with Gasteiger partial charge in [0.2, 0.25) is 0 Å². The average Bonchev–Trinajstić information content (AvgIpc) is 2.39. The zero-order valence-corrected chi connectivity index (χ0v) is 12.8. The van der Waals surface area contributed by atoms with Crippen molar-refractivity contribution in [2.75, 3.05) is 25.2 Å². The lowest BCUT2D eigenvalue weighted by atomic mass is 10.1. The van der Waals surface area contributed by atoms with E-state index in [1.807, 2.05) is 6.07 Å². The monoisotopic (exact) mass is 317 g/mol. The Hall–Kier alpha value is -0.610. The molecule has 0 saturated heterocycles. The molecule has 1 aromatic carbocycles. The van der Waals surface area contributed by atoms with Crippen molar-refractivity contribution in [1.82, 2.24) is 0 Å². The summed E-state index contributed by atoms with van der Waals surface area (Å²) in [5, 5.41) is 0.523. The van der Waals surface area contributed by atoms with Gasteiger partial charge in [-0.25, -0.2) is 4.39 Å². The van der Waals surface area contributed by atoms with E-state index in [-0.39, 0.29) is 5.82 Å². The van der Waals surface area contributed by atoms with E-state index in [1.54, 1.807) is 13.2 Å². The molecule has 0 bridgehead atoms. The third kappa shape index (κ3) is 3.69. The van der Waals surface area contributed by atoms with Crippen LogP contribution in [0.1, 0.15) is 25.8 Å². The van der Waals surface area contributed by atoms with Crippen molar-refractivity contribution in [3.63, 3.8) is 0 Å². The second kappa shape index (κ2) is 7.74. The van der Waals surface area contributed by atoms with Crippen LogP contribution < -0.4 is 4.90 Å². The topological polar surface area (TPSA) is 12.5 Å². The van der Waals surface area contributed by atoms with Gasteiger partial charge in [0.25, 0.3) is 0 Å². The highest BCUT2D eigenvalue weighted by molar-refractivity contribution is 9.08. The van der Waals surface area contributed by atoms with Gasteiger partial charge < -0.3 is 9.64 Å². The highest BCUT2D eigenvalue weighted by atomic mass is 79.9. The Bertz CT molecular complexity index is 373. The van der Waals surface area contributed by atoms with Crippen LogP contribution in [0.15, 0.2) is 18.2 Å². The second-order valence-electron chi connectivity index (χ2n) is 4.31. The van der Waals surface area contributed by atoms with Crippen molar-refractivity contribution in [3.8, 4) is 0 Å². The highest BCUT2D eigenvalue weighted by Crippen LogP contribution is 2.27. The Morgan fingerprint density at radius 2 is 2.17 bits per heavy atom. The van der Waals surface area contributed by atoms with E-state index in [9.17, 15) is 4.39 Å². The first kappa shape index (κ1) is 15.4. The lowest BCUT2D eigenvalue weighted by Crippen LogP contribution is -2.36. The Kier molecular flexibility index (Phi) is 6.65. The van der Waals surface area contributed by atoms with E-state index in [0.29, 0.717) is 23.5 Å². The highest BCUT2D eigenvalue weighted by Gasteiger charge is 2.17. The summed E-state index contributed by atoms with van der Waals surface area (Å²) < 4.78 is 19.0. The number of hydrogen-bond donors (Lipinski definition) is 0. The molecule has 0 aromatic heterocycles. The predicted octanol–water partition coefficient (Wildman–Crippen LogP) is 3.97. The number of anilines is 1. The Balaban J connectivity index is 3.07. The molecule has 1 aromatic rings. The van der Waals surface area contributed by atoms with Crippen molar-refractivity contribution in [1.29, 1.82) is 0 Å². The van der Waals surface area contributed by atoms with Crippen LogP contribution in [0.2, 0.25) is 0 Å². The SMILES string of the molecule is CCC(C)N(CCOC)c1cccc(F)c1CBr. The number of halogens is 2. The molecule has 1 atom stereocenters. The van der Waals surface area contributed by atoms with Crippen LogP contribution in [0.25, 0.3) is 0 Å². The molecule has 0 saturated carbocycles. The number of hydrogen-bond acceptors (Lipinski definition) is 2. The molecule has 0 aliphatic carbocycles. The number of alkyl halides is 1. The summed E-state index contributed by atoms with van der Waals surface area (Å²) in [5.41, 5.74) is 1.67. The summed E-state index contributed by atoms with van der Waals surface area (Å²) in [7, 11) is 1.69. The lowest BCUT2D eigenvalue weighted by molar-refractivity contribution is 0.203. The minimum atomic E-state index is -0.157. The summed E-state index contributed by atoms with van der Waals surface area (Å²) in [6, 6.07) is 5.60. The van der Waals surface area contributed by atoms with E-state index in [4.69, 9.17) is 4.74 Å². The molecule has 4 heteroatoms. The van der Waals surface area contributed by atoms with Gasteiger partial charge in [-0.1, -0.05) is 28.9 Å². The first-order valence-electron chi connectivity index (χ1n) is 6.24. The van der Waals surface area contributed by atoms with E-state index < -0.39 is 0 Å². The molecule has 1 unspecified atom stereocenters. The number of nitrogens with zero attached hydrogens (tertiary/aromatic N) is 1. The molecule has 0 amide bonds. The van der Waals surface area contributed by atoms with Crippen LogP contribution in [-0.4, -0.2) is 26.3 Å². The molecule has 0 aliphatic heterocycles. The van der Waals surface area contributed by atoms with Crippen LogP contribution in [0.4, 0.5) is 10.1 Å². The fourth-order valence-corrected chi connectivity index (χ4v) is 2.49. The van der Waals surface area contributed by atoms with Crippen molar-refractivity contribution in [3.05, 3.63) is 29.6 Å². The molecule has 0 radical (unpaired) electrons. The van der Waals surface area contributed by atoms with Gasteiger partial charge in [-0.05, 0) is 25.5 Å². The van der Waals surface area contributed by atoms with E-state index >= 15 is 0 Å². The molecule has 0 aliphatic rings. The normalized spacial score (nSPS) is 12.5. The second-order valence-corrected chi connectivity index (χ2v) is 4.88. The smallest absolute Gasteiger partial charge is 0.129 e. The van der Waals surface area contributed by atoms with Crippen LogP contribution in [0.3, 0.4) is 0 Å². The molecule has 102 valence electrons. The number of ether oxygens (including phenoxy) is 1. The maximum Gasteiger partial charge on any atom is 0.129 e. The Morgan fingerprint density at radius 1 is 1.44 bits per heavy atom. The number of benzene rings is 1. The molecule has 0 fully saturated rings. The molecule has 0 heterocycles. The van der Waals surface area contributed by atoms with Gasteiger partial charge in [-0.2, -0.15) is 0 Å². The summed E-state index contributed by atoms with van der Waals surface area (Å²) in [5.74, 6) is -0.157. The van der Waals surface area contributed by atoms with Gasteiger partial charge in [0.15, 0.2) is 0 Å². The molecule has 0 spiro atoms. The largest absolute Gasteiger partial charge is 0.383 e. The summed E-state index contributed by atoms with van der Waals surface area (Å²) in [6.45, 7) is 5.70. The van der Waals surface area contributed by atoms with E-state index in [0.717, 1.165) is 18.7 Å². The minimum Gasteiger partial charge on any atom is -0.383 e. The average molecular weight is 318 g/mol. The van der Waals surface area contributed by atoms with Crippen LogP contribution in [0.5, 0.6) is 0 Å². The number of rotatable bonds is 7. The molecule has 2 nitrogen and oxygen atoms in total.